The Labute approximate surface area is 157 Å². The molecular weight excluding hydrogens is 357 g/mol. The highest BCUT2D eigenvalue weighted by molar-refractivity contribution is 7.23. The van der Waals surface area contributed by atoms with Crippen LogP contribution in [0.3, 0.4) is 0 Å². The van der Waals surface area contributed by atoms with Gasteiger partial charge in [-0.3, -0.25) is 4.79 Å². The van der Waals surface area contributed by atoms with Crippen molar-refractivity contribution in [3.63, 3.8) is 0 Å². The van der Waals surface area contributed by atoms with Crippen molar-refractivity contribution in [1.82, 2.24) is 5.32 Å². The number of hydrogen-bond donors (Lipinski definition) is 1. The van der Waals surface area contributed by atoms with Crippen LogP contribution in [-0.2, 0) is 15.9 Å². The Morgan fingerprint density at radius 1 is 1.08 bits per heavy atom. The summed E-state index contributed by atoms with van der Waals surface area (Å²) in [6.45, 7) is 8.51. The fraction of sp³-hybridized carbons (Fsp3) is 0.389. The predicted octanol–water partition coefficient (Wildman–Crippen LogP) is 3.63. The largest absolute Gasteiger partial charge is 0.505 e. The first-order valence-corrected chi connectivity index (χ1v) is 9.35. The molecule has 1 N–H and O–H groups in total. The van der Waals surface area contributed by atoms with E-state index in [0.29, 0.717) is 16.4 Å². The number of carbonyl (C=O) groups excluding carboxylic acids is 1. The van der Waals surface area contributed by atoms with Crippen molar-refractivity contribution in [1.29, 1.82) is 0 Å². The molecule has 0 spiro atoms. The van der Waals surface area contributed by atoms with Crippen LogP contribution in [0.2, 0.25) is 5.02 Å². The number of hydrogen-bond acceptors (Lipinski definition) is 4. The minimum Gasteiger partial charge on any atom is -0.399 e. The fourth-order valence-corrected chi connectivity index (χ4v) is 3.44. The van der Waals surface area contributed by atoms with E-state index in [9.17, 15) is 4.79 Å². The Morgan fingerprint density at radius 3 is 2.28 bits per heavy atom. The molecule has 0 aliphatic carbocycles. The molecule has 0 saturated carbocycles. The van der Waals surface area contributed by atoms with Crippen LogP contribution in [0.25, 0.3) is 0 Å². The van der Waals surface area contributed by atoms with Gasteiger partial charge >= 0.3 is 7.12 Å². The molecule has 25 heavy (non-hydrogen) atoms. The van der Waals surface area contributed by atoms with Crippen LogP contribution in [0.1, 0.15) is 42.9 Å². The van der Waals surface area contributed by atoms with Crippen LogP contribution in [0.4, 0.5) is 0 Å². The summed E-state index contributed by atoms with van der Waals surface area (Å²) in [6, 6.07) is 11.1. The number of halogens is 1. The average molecular weight is 378 g/mol. The van der Waals surface area contributed by atoms with Gasteiger partial charge in [0.1, 0.15) is 0 Å². The number of benzene rings is 1. The van der Waals surface area contributed by atoms with Gasteiger partial charge in [0.25, 0.3) is 5.91 Å². The first kappa shape index (κ1) is 18.5. The topological polar surface area (TPSA) is 47.6 Å². The average Bonchev–Trinajstić information content (AvgIpc) is 3.10. The fourth-order valence-electron chi connectivity index (χ4n) is 2.43. The van der Waals surface area contributed by atoms with Crippen LogP contribution >= 0.6 is 22.9 Å². The molecule has 0 unspecified atom stereocenters. The van der Waals surface area contributed by atoms with Crippen LogP contribution < -0.4 is 10.1 Å². The minimum atomic E-state index is -0.437. The van der Waals surface area contributed by atoms with Crippen LogP contribution in [0.5, 0.6) is 0 Å². The molecule has 0 atom stereocenters. The zero-order chi connectivity index (χ0) is 18.2. The molecule has 1 fully saturated rings. The maximum Gasteiger partial charge on any atom is 0.505 e. The summed E-state index contributed by atoms with van der Waals surface area (Å²) in [5.74, 6) is -0.109. The van der Waals surface area contributed by atoms with Crippen molar-refractivity contribution in [2.24, 2.45) is 0 Å². The molecule has 1 aromatic carbocycles. The number of carbonyl (C=O) groups is 1. The Morgan fingerprint density at radius 2 is 1.68 bits per heavy atom. The maximum atomic E-state index is 12.4. The summed E-state index contributed by atoms with van der Waals surface area (Å²) in [5, 5.41) is 3.60. The molecule has 7 heteroatoms. The van der Waals surface area contributed by atoms with Crippen LogP contribution in [0.15, 0.2) is 36.4 Å². The summed E-state index contributed by atoms with van der Waals surface area (Å²) in [7, 11) is -0.437. The molecule has 1 aliphatic rings. The highest BCUT2D eigenvalue weighted by atomic mass is 35.5. The summed E-state index contributed by atoms with van der Waals surface area (Å²) in [5.41, 5.74) is 0.220. The van der Waals surface area contributed by atoms with Crippen molar-refractivity contribution in [3.8, 4) is 0 Å². The highest BCUT2D eigenvalue weighted by Crippen LogP contribution is 2.36. The summed E-state index contributed by atoms with van der Waals surface area (Å²) >= 11 is 7.26. The Balaban J connectivity index is 1.63. The number of thiophene rings is 1. The standard InChI is InChI=1S/C18H21BClNO3S/c1-17(2)18(3,4)24-19(23-17)15-10-9-14(25-15)16(22)21-11-12-5-7-13(20)8-6-12/h5-10H,11H2,1-4H3,(H,21,22). The Bertz CT molecular complexity index is 757. The van der Waals surface area contributed by atoms with E-state index >= 15 is 0 Å². The summed E-state index contributed by atoms with van der Waals surface area (Å²) < 4.78 is 13.0. The van der Waals surface area contributed by atoms with Gasteiger partial charge in [-0.25, -0.2) is 0 Å². The molecule has 2 heterocycles. The molecule has 4 nitrogen and oxygen atoms in total. The van der Waals surface area contributed by atoms with E-state index in [1.165, 1.54) is 11.3 Å². The van der Waals surface area contributed by atoms with Crippen molar-refractivity contribution >= 4 is 40.7 Å². The normalized spacial score (nSPS) is 18.4. The number of nitrogens with one attached hydrogen (secondary N) is 1. The van der Waals surface area contributed by atoms with Crippen molar-refractivity contribution in [2.45, 2.75) is 45.4 Å². The van der Waals surface area contributed by atoms with E-state index in [0.717, 1.165) is 10.3 Å². The molecule has 1 saturated heterocycles. The third kappa shape index (κ3) is 3.92. The first-order chi connectivity index (χ1) is 11.7. The van der Waals surface area contributed by atoms with Gasteiger partial charge in [-0.2, -0.15) is 0 Å². The Kier molecular flexibility index (Phi) is 4.99. The highest BCUT2D eigenvalue weighted by Gasteiger charge is 2.52. The van der Waals surface area contributed by atoms with Gasteiger partial charge in [0.15, 0.2) is 0 Å². The predicted molar refractivity (Wildman–Crippen MR) is 103 cm³/mol. The third-order valence-electron chi connectivity index (χ3n) is 4.70. The lowest BCUT2D eigenvalue weighted by molar-refractivity contribution is 0.00578. The van der Waals surface area contributed by atoms with E-state index in [-0.39, 0.29) is 5.91 Å². The monoisotopic (exact) mass is 377 g/mol. The molecule has 0 bridgehead atoms. The van der Waals surface area contributed by atoms with Gasteiger partial charge in [0, 0.05) is 16.3 Å². The van der Waals surface area contributed by atoms with E-state index < -0.39 is 18.3 Å². The smallest absolute Gasteiger partial charge is 0.399 e. The van der Waals surface area contributed by atoms with Gasteiger partial charge in [-0.1, -0.05) is 29.8 Å². The molecular formula is C18H21BClNO3S. The van der Waals surface area contributed by atoms with Crippen molar-refractivity contribution in [3.05, 3.63) is 51.9 Å². The lowest BCUT2D eigenvalue weighted by Gasteiger charge is -2.32. The van der Waals surface area contributed by atoms with E-state index in [2.05, 4.69) is 5.32 Å². The zero-order valence-electron chi connectivity index (χ0n) is 14.8. The molecule has 132 valence electrons. The van der Waals surface area contributed by atoms with Crippen LogP contribution in [0, 0.1) is 0 Å². The second kappa shape index (κ2) is 6.76. The number of amides is 1. The van der Waals surface area contributed by atoms with Gasteiger partial charge in [-0.15, -0.1) is 11.3 Å². The second-order valence-electron chi connectivity index (χ2n) is 7.10. The lowest BCUT2D eigenvalue weighted by Crippen LogP contribution is -2.41. The first-order valence-electron chi connectivity index (χ1n) is 8.16. The molecule has 1 aromatic heterocycles. The molecule has 2 aromatic rings. The van der Waals surface area contributed by atoms with E-state index in [1.54, 1.807) is 0 Å². The molecule has 3 rings (SSSR count). The number of rotatable bonds is 4. The maximum absolute atomic E-state index is 12.4. The second-order valence-corrected chi connectivity index (χ2v) is 8.65. The third-order valence-corrected chi connectivity index (χ3v) is 6.06. The summed E-state index contributed by atoms with van der Waals surface area (Å²) in [4.78, 5) is 13.0. The van der Waals surface area contributed by atoms with Gasteiger partial charge < -0.3 is 14.6 Å². The van der Waals surface area contributed by atoms with Gasteiger partial charge in [0.05, 0.1) is 16.1 Å². The van der Waals surface area contributed by atoms with E-state index in [1.807, 2.05) is 64.1 Å². The zero-order valence-corrected chi connectivity index (χ0v) is 16.3. The minimum absolute atomic E-state index is 0.109. The van der Waals surface area contributed by atoms with Crippen molar-refractivity contribution in [2.75, 3.05) is 0 Å². The van der Waals surface area contributed by atoms with Crippen molar-refractivity contribution < 1.29 is 14.1 Å². The van der Waals surface area contributed by atoms with E-state index in [4.69, 9.17) is 20.9 Å². The van der Waals surface area contributed by atoms with Gasteiger partial charge in [0.2, 0.25) is 0 Å². The molecule has 1 amide bonds. The van der Waals surface area contributed by atoms with Gasteiger partial charge in [-0.05, 0) is 51.5 Å². The summed E-state index contributed by atoms with van der Waals surface area (Å²) in [6.07, 6.45) is 0. The lowest BCUT2D eigenvalue weighted by atomic mass is 9.88. The van der Waals surface area contributed by atoms with Crippen LogP contribution in [-0.4, -0.2) is 24.2 Å². The SMILES string of the molecule is CC1(C)OB(c2ccc(C(=O)NCc3ccc(Cl)cc3)s2)OC1(C)C. The Hall–Kier alpha value is -1.34. The quantitative estimate of drug-likeness (QED) is 0.828. The molecule has 1 aliphatic heterocycles. The molecule has 0 radical (unpaired) electrons.